The van der Waals surface area contributed by atoms with E-state index in [4.69, 9.17) is 4.74 Å². The van der Waals surface area contributed by atoms with Gasteiger partial charge in [-0.05, 0) is 43.2 Å². The number of nitrogens with zero attached hydrogens (tertiary/aromatic N) is 2. The highest BCUT2D eigenvalue weighted by Crippen LogP contribution is 2.41. The summed E-state index contributed by atoms with van der Waals surface area (Å²) in [5.74, 6) is 0.859. The minimum Gasteiger partial charge on any atom is -0.486 e. The number of piperidine rings is 1. The summed E-state index contributed by atoms with van der Waals surface area (Å²) >= 11 is 0. The number of benzene rings is 1. The van der Waals surface area contributed by atoms with Gasteiger partial charge in [-0.1, -0.05) is 6.07 Å². The quantitative estimate of drug-likeness (QED) is 0.791. The number of aromatic nitrogens is 1. The molecule has 2 aromatic rings. The predicted octanol–water partition coefficient (Wildman–Crippen LogP) is 3.34. The first-order valence-corrected chi connectivity index (χ1v) is 9.01. The average molecular weight is 350 g/mol. The highest BCUT2D eigenvalue weighted by molar-refractivity contribution is 6.01. The van der Waals surface area contributed by atoms with E-state index >= 15 is 0 Å². The maximum absolute atomic E-state index is 12.7. The number of pyridine rings is 1. The summed E-state index contributed by atoms with van der Waals surface area (Å²) in [5, 5.41) is 0. The first-order chi connectivity index (χ1) is 12.5. The van der Waals surface area contributed by atoms with Gasteiger partial charge in [0.1, 0.15) is 11.4 Å². The van der Waals surface area contributed by atoms with Gasteiger partial charge in [0, 0.05) is 38.3 Å². The molecule has 0 radical (unpaired) electrons. The van der Waals surface area contributed by atoms with Crippen LogP contribution in [0.1, 0.15) is 51.1 Å². The first-order valence-electron chi connectivity index (χ1n) is 9.01. The molecule has 2 aliphatic rings. The van der Waals surface area contributed by atoms with Gasteiger partial charge in [-0.15, -0.1) is 0 Å². The molecule has 5 nitrogen and oxygen atoms in total. The predicted molar refractivity (Wildman–Crippen MR) is 97.6 cm³/mol. The molecule has 1 amide bonds. The average Bonchev–Trinajstić information content (AvgIpc) is 2.66. The van der Waals surface area contributed by atoms with Crippen molar-refractivity contribution in [3.8, 4) is 5.75 Å². The summed E-state index contributed by atoms with van der Waals surface area (Å²) in [5.41, 5.74) is 2.95. The number of fused-ring (bicyclic) bond motifs is 1. The van der Waals surface area contributed by atoms with Crippen LogP contribution in [-0.4, -0.2) is 40.3 Å². The second-order valence-electron chi connectivity index (χ2n) is 7.30. The summed E-state index contributed by atoms with van der Waals surface area (Å²) in [6, 6.07) is 7.39. The second-order valence-corrected chi connectivity index (χ2v) is 7.30. The molecule has 5 heteroatoms. The Morgan fingerprint density at radius 3 is 2.65 bits per heavy atom. The topological polar surface area (TPSA) is 59.5 Å². The Balaban J connectivity index is 1.53. The summed E-state index contributed by atoms with van der Waals surface area (Å²) in [6.07, 6.45) is 4.97. The number of likely N-dealkylation sites (tertiary alicyclic amines) is 1. The van der Waals surface area contributed by atoms with Crippen LogP contribution in [0.4, 0.5) is 0 Å². The zero-order valence-electron chi connectivity index (χ0n) is 15.1. The van der Waals surface area contributed by atoms with Gasteiger partial charge in [0.25, 0.3) is 5.91 Å². The van der Waals surface area contributed by atoms with Crippen LogP contribution in [0.2, 0.25) is 0 Å². The van der Waals surface area contributed by atoms with Crippen molar-refractivity contribution in [3.05, 3.63) is 58.9 Å². The number of ether oxygens (including phenoxy) is 1. The van der Waals surface area contributed by atoms with Crippen molar-refractivity contribution in [2.45, 2.75) is 38.7 Å². The van der Waals surface area contributed by atoms with E-state index in [-0.39, 0.29) is 11.7 Å². The van der Waals surface area contributed by atoms with Crippen LogP contribution in [0.3, 0.4) is 0 Å². The van der Waals surface area contributed by atoms with Crippen LogP contribution in [0.5, 0.6) is 5.75 Å². The summed E-state index contributed by atoms with van der Waals surface area (Å²) in [6.45, 7) is 5.20. The molecule has 0 N–H and O–H groups in total. The zero-order chi connectivity index (χ0) is 18.3. The molecule has 1 aromatic carbocycles. The van der Waals surface area contributed by atoms with E-state index in [1.165, 1.54) is 0 Å². The van der Waals surface area contributed by atoms with Gasteiger partial charge >= 0.3 is 0 Å². The Morgan fingerprint density at radius 2 is 1.96 bits per heavy atom. The Bertz CT molecular complexity index is 868. The molecule has 0 aliphatic carbocycles. The number of carbonyl (C=O) groups is 2. The van der Waals surface area contributed by atoms with Crippen molar-refractivity contribution in [1.82, 2.24) is 9.88 Å². The molecule has 26 heavy (non-hydrogen) atoms. The molecular weight excluding hydrogens is 328 g/mol. The minimum atomic E-state index is -0.492. The lowest BCUT2D eigenvalue weighted by atomic mass is 9.81. The highest BCUT2D eigenvalue weighted by Gasteiger charge is 2.44. The van der Waals surface area contributed by atoms with E-state index in [9.17, 15) is 9.59 Å². The number of carbonyl (C=O) groups excluding carboxylic acids is 2. The minimum absolute atomic E-state index is 0.0116. The largest absolute Gasteiger partial charge is 0.486 e. The lowest BCUT2D eigenvalue weighted by Gasteiger charge is -2.44. The van der Waals surface area contributed by atoms with Gasteiger partial charge in [-0.2, -0.15) is 0 Å². The molecule has 4 rings (SSSR count). The summed E-state index contributed by atoms with van der Waals surface area (Å²) < 4.78 is 6.41. The standard InChI is InChI=1S/C21H22N2O3/c1-14-5-6-17-18(24)12-21(26-19(17)15(14)2)7-10-23(11-8-21)20(25)16-4-3-9-22-13-16/h3-6,9,13H,7-8,10-12H2,1-2H3. The molecule has 1 aromatic heterocycles. The maximum atomic E-state index is 12.7. The van der Waals surface area contributed by atoms with E-state index in [1.807, 2.05) is 30.9 Å². The molecule has 134 valence electrons. The van der Waals surface area contributed by atoms with E-state index in [1.54, 1.807) is 24.5 Å². The molecule has 0 bridgehead atoms. The van der Waals surface area contributed by atoms with Crippen LogP contribution in [0.25, 0.3) is 0 Å². The van der Waals surface area contributed by atoms with Gasteiger partial charge in [0.15, 0.2) is 5.78 Å². The Hall–Kier alpha value is -2.69. The molecule has 1 saturated heterocycles. The SMILES string of the molecule is Cc1ccc2c(c1C)OC1(CCN(C(=O)c3cccnc3)CC1)CC2=O. The van der Waals surface area contributed by atoms with E-state index in [0.29, 0.717) is 43.5 Å². The molecule has 0 unspecified atom stereocenters. The van der Waals surface area contributed by atoms with Crippen molar-refractivity contribution < 1.29 is 14.3 Å². The van der Waals surface area contributed by atoms with E-state index < -0.39 is 5.60 Å². The zero-order valence-corrected chi connectivity index (χ0v) is 15.1. The Kier molecular flexibility index (Phi) is 4.02. The highest BCUT2D eigenvalue weighted by atomic mass is 16.5. The number of amides is 1. The van der Waals surface area contributed by atoms with Crippen molar-refractivity contribution in [2.24, 2.45) is 0 Å². The van der Waals surface area contributed by atoms with Crippen molar-refractivity contribution in [2.75, 3.05) is 13.1 Å². The van der Waals surface area contributed by atoms with Crippen LogP contribution in [0, 0.1) is 13.8 Å². The van der Waals surface area contributed by atoms with Gasteiger partial charge in [-0.25, -0.2) is 0 Å². The summed E-state index contributed by atoms with van der Waals surface area (Å²) in [4.78, 5) is 31.1. The van der Waals surface area contributed by atoms with Crippen molar-refractivity contribution in [1.29, 1.82) is 0 Å². The van der Waals surface area contributed by atoms with Crippen molar-refractivity contribution >= 4 is 11.7 Å². The normalized spacial score (nSPS) is 18.4. The van der Waals surface area contributed by atoms with Gasteiger partial charge < -0.3 is 9.64 Å². The Morgan fingerprint density at radius 1 is 1.19 bits per heavy atom. The smallest absolute Gasteiger partial charge is 0.255 e. The van der Waals surface area contributed by atoms with E-state index in [0.717, 1.165) is 16.9 Å². The molecular formula is C21H22N2O3. The van der Waals surface area contributed by atoms with Crippen LogP contribution in [0.15, 0.2) is 36.7 Å². The molecule has 0 saturated carbocycles. The molecule has 3 heterocycles. The third-order valence-electron chi connectivity index (χ3n) is 5.65. The Labute approximate surface area is 153 Å². The second kappa shape index (κ2) is 6.24. The maximum Gasteiger partial charge on any atom is 0.255 e. The van der Waals surface area contributed by atoms with E-state index in [2.05, 4.69) is 4.98 Å². The fourth-order valence-corrected chi connectivity index (χ4v) is 3.85. The lowest BCUT2D eigenvalue weighted by Crippen LogP contribution is -2.52. The fraction of sp³-hybridized carbons (Fsp3) is 0.381. The number of ketones is 1. The monoisotopic (exact) mass is 350 g/mol. The number of hydrogen-bond donors (Lipinski definition) is 0. The van der Waals surface area contributed by atoms with Gasteiger partial charge in [0.05, 0.1) is 17.5 Å². The number of Topliss-reactive ketones (excluding diaryl/α,β-unsaturated/α-hetero) is 1. The fourth-order valence-electron chi connectivity index (χ4n) is 3.85. The number of rotatable bonds is 1. The summed E-state index contributed by atoms with van der Waals surface area (Å²) in [7, 11) is 0. The molecule has 1 fully saturated rings. The van der Waals surface area contributed by atoms with Crippen LogP contribution in [-0.2, 0) is 0 Å². The van der Waals surface area contributed by atoms with Crippen LogP contribution < -0.4 is 4.74 Å². The first kappa shape index (κ1) is 16.8. The third kappa shape index (κ3) is 2.77. The third-order valence-corrected chi connectivity index (χ3v) is 5.65. The molecule has 0 atom stereocenters. The number of aryl methyl sites for hydroxylation is 1. The molecule has 1 spiro atoms. The number of hydrogen-bond acceptors (Lipinski definition) is 4. The lowest BCUT2D eigenvalue weighted by molar-refractivity contribution is -0.00620. The van der Waals surface area contributed by atoms with Crippen molar-refractivity contribution in [3.63, 3.8) is 0 Å². The van der Waals surface area contributed by atoms with Gasteiger partial charge in [-0.3, -0.25) is 14.6 Å². The molecule has 2 aliphatic heterocycles. The van der Waals surface area contributed by atoms with Gasteiger partial charge in [0.2, 0.25) is 0 Å². The van der Waals surface area contributed by atoms with Crippen LogP contribution >= 0.6 is 0 Å².